The molecule has 0 bridgehead atoms. The minimum Gasteiger partial charge on any atom is -0.304 e. The van der Waals surface area contributed by atoms with Crippen LogP contribution in [-0.2, 0) is 6.54 Å². The Morgan fingerprint density at radius 2 is 2.05 bits per heavy atom. The molecule has 6 nitrogen and oxygen atoms in total. The van der Waals surface area contributed by atoms with Gasteiger partial charge in [0.25, 0.3) is 0 Å². The Labute approximate surface area is 116 Å². The summed E-state index contributed by atoms with van der Waals surface area (Å²) in [6, 6.07) is 10.2. The largest absolute Gasteiger partial charge is 0.304 e. The molecule has 0 aliphatic heterocycles. The van der Waals surface area contributed by atoms with Gasteiger partial charge in [-0.3, -0.25) is 5.10 Å². The lowest BCUT2D eigenvalue weighted by Gasteiger charge is -2.10. The minimum atomic E-state index is 0.203. The zero-order valence-electron chi connectivity index (χ0n) is 11.2. The molecule has 1 unspecified atom stereocenters. The van der Waals surface area contributed by atoms with Crippen LogP contribution in [0.15, 0.2) is 42.7 Å². The third kappa shape index (κ3) is 2.60. The molecule has 0 saturated carbocycles. The van der Waals surface area contributed by atoms with Crippen LogP contribution in [0.25, 0.3) is 11.3 Å². The van der Waals surface area contributed by atoms with E-state index in [9.17, 15) is 0 Å². The van der Waals surface area contributed by atoms with Crippen molar-refractivity contribution in [3.8, 4) is 11.3 Å². The van der Waals surface area contributed by atoms with Crippen LogP contribution in [0.4, 0.5) is 0 Å². The van der Waals surface area contributed by atoms with E-state index in [2.05, 4.69) is 37.8 Å². The fourth-order valence-electron chi connectivity index (χ4n) is 2.07. The van der Waals surface area contributed by atoms with Crippen LogP contribution in [0.1, 0.15) is 24.2 Å². The van der Waals surface area contributed by atoms with Gasteiger partial charge in [0.1, 0.15) is 11.4 Å². The summed E-state index contributed by atoms with van der Waals surface area (Å²) in [4.78, 5) is 0. The second-order valence-electron chi connectivity index (χ2n) is 4.62. The maximum absolute atomic E-state index is 4.23. The Morgan fingerprint density at radius 1 is 1.20 bits per heavy atom. The Bertz CT molecular complexity index is 643. The molecule has 0 aliphatic rings. The van der Waals surface area contributed by atoms with E-state index in [1.54, 1.807) is 0 Å². The summed E-state index contributed by atoms with van der Waals surface area (Å²) < 4.78 is 0. The molecule has 6 heteroatoms. The van der Waals surface area contributed by atoms with Crippen molar-refractivity contribution < 1.29 is 0 Å². The third-order valence-electron chi connectivity index (χ3n) is 3.26. The summed E-state index contributed by atoms with van der Waals surface area (Å²) in [5.41, 5.74) is 3.98. The molecule has 102 valence electrons. The number of hydrogen-bond donors (Lipinski definition) is 3. The van der Waals surface area contributed by atoms with Crippen molar-refractivity contribution in [2.24, 2.45) is 0 Å². The predicted molar refractivity (Wildman–Crippen MR) is 75.7 cm³/mol. The summed E-state index contributed by atoms with van der Waals surface area (Å²) in [6.45, 7) is 2.74. The fraction of sp³-hybridized carbons (Fsp3) is 0.214. The van der Waals surface area contributed by atoms with Gasteiger partial charge in [0.05, 0.1) is 6.20 Å². The highest BCUT2D eigenvalue weighted by molar-refractivity contribution is 5.60. The van der Waals surface area contributed by atoms with Gasteiger partial charge in [0.2, 0.25) is 0 Å². The maximum atomic E-state index is 4.23. The molecule has 1 aromatic carbocycles. The number of nitrogens with one attached hydrogen (secondary N) is 3. The smallest absolute Gasteiger partial charge is 0.117 e. The molecule has 3 rings (SSSR count). The van der Waals surface area contributed by atoms with Crippen LogP contribution in [0, 0.1) is 0 Å². The number of nitrogens with zero attached hydrogens (tertiary/aromatic N) is 3. The van der Waals surface area contributed by atoms with Crippen molar-refractivity contribution in [3.05, 3.63) is 54.0 Å². The number of rotatable bonds is 5. The van der Waals surface area contributed by atoms with E-state index in [0.717, 1.165) is 22.5 Å². The zero-order chi connectivity index (χ0) is 13.8. The third-order valence-corrected chi connectivity index (χ3v) is 3.26. The number of hydrogen-bond acceptors (Lipinski definition) is 4. The molecule has 0 radical (unpaired) electrons. The van der Waals surface area contributed by atoms with Crippen molar-refractivity contribution in [1.82, 2.24) is 30.9 Å². The lowest BCUT2D eigenvalue weighted by atomic mass is 10.1. The van der Waals surface area contributed by atoms with Gasteiger partial charge in [0.15, 0.2) is 0 Å². The van der Waals surface area contributed by atoms with Crippen LogP contribution in [-0.4, -0.2) is 25.6 Å². The molecule has 1 atom stereocenters. The van der Waals surface area contributed by atoms with Crippen LogP contribution in [0.3, 0.4) is 0 Å². The lowest BCUT2D eigenvalue weighted by Crippen LogP contribution is -2.18. The highest BCUT2D eigenvalue weighted by Crippen LogP contribution is 2.19. The first kappa shape index (κ1) is 12.6. The zero-order valence-corrected chi connectivity index (χ0v) is 11.2. The molecule has 3 N–H and O–H groups in total. The minimum absolute atomic E-state index is 0.203. The predicted octanol–water partition coefficient (Wildman–Crippen LogP) is 2.05. The normalized spacial score (nSPS) is 12.4. The Kier molecular flexibility index (Phi) is 3.56. The van der Waals surface area contributed by atoms with Crippen molar-refractivity contribution in [3.63, 3.8) is 0 Å². The van der Waals surface area contributed by atoms with Gasteiger partial charge in [-0.05, 0) is 6.92 Å². The van der Waals surface area contributed by atoms with Crippen molar-refractivity contribution >= 4 is 0 Å². The van der Waals surface area contributed by atoms with Gasteiger partial charge in [0, 0.05) is 29.9 Å². The fourth-order valence-corrected chi connectivity index (χ4v) is 2.07. The molecule has 20 heavy (non-hydrogen) atoms. The van der Waals surface area contributed by atoms with E-state index < -0.39 is 0 Å². The van der Waals surface area contributed by atoms with E-state index in [0.29, 0.717) is 6.54 Å². The first-order valence-corrected chi connectivity index (χ1v) is 6.51. The number of H-pyrrole nitrogens is 2. The van der Waals surface area contributed by atoms with E-state index in [1.807, 2.05) is 42.7 Å². The topological polar surface area (TPSA) is 82.3 Å². The van der Waals surface area contributed by atoms with Gasteiger partial charge in [-0.25, -0.2) is 0 Å². The lowest BCUT2D eigenvalue weighted by molar-refractivity contribution is 0.568. The van der Waals surface area contributed by atoms with E-state index in [1.165, 1.54) is 0 Å². The number of aromatic nitrogens is 5. The van der Waals surface area contributed by atoms with E-state index in [-0.39, 0.29) is 6.04 Å². The quantitative estimate of drug-likeness (QED) is 0.661. The monoisotopic (exact) mass is 268 g/mol. The summed E-state index contributed by atoms with van der Waals surface area (Å²) in [7, 11) is 0. The molecule has 0 aliphatic carbocycles. The van der Waals surface area contributed by atoms with Gasteiger partial charge in [-0.15, -0.1) is 0 Å². The molecule has 0 saturated heterocycles. The van der Waals surface area contributed by atoms with E-state index in [4.69, 9.17) is 0 Å². The Hall–Kier alpha value is -2.47. The molecule has 0 amide bonds. The SMILES string of the molecule is CC(NCc1n[nH]nc1-c1ccccc1)c1cn[nH]c1. The second kappa shape index (κ2) is 5.66. The Balaban J connectivity index is 1.72. The molecule has 0 spiro atoms. The molecule has 3 aromatic rings. The van der Waals surface area contributed by atoms with Crippen molar-refractivity contribution in [2.45, 2.75) is 19.5 Å². The summed E-state index contributed by atoms with van der Waals surface area (Å²) in [5, 5.41) is 21.3. The van der Waals surface area contributed by atoms with Gasteiger partial charge in [-0.2, -0.15) is 20.5 Å². The highest BCUT2D eigenvalue weighted by Gasteiger charge is 2.12. The van der Waals surface area contributed by atoms with Crippen LogP contribution >= 0.6 is 0 Å². The van der Waals surface area contributed by atoms with Gasteiger partial charge in [-0.1, -0.05) is 30.3 Å². The molecular formula is C14H16N6. The van der Waals surface area contributed by atoms with Gasteiger partial charge >= 0.3 is 0 Å². The molecule has 2 heterocycles. The molecule has 2 aromatic heterocycles. The van der Waals surface area contributed by atoms with E-state index >= 15 is 0 Å². The number of aromatic amines is 2. The molecule has 0 fully saturated rings. The summed E-state index contributed by atoms with van der Waals surface area (Å²) in [6.07, 6.45) is 3.71. The standard InChI is InChI=1S/C14H16N6/c1-10(12-7-16-17-8-12)15-9-13-14(19-20-18-13)11-5-3-2-4-6-11/h2-8,10,15H,9H2,1H3,(H,16,17)(H,18,19,20). The summed E-state index contributed by atoms with van der Waals surface area (Å²) >= 11 is 0. The number of benzene rings is 1. The Morgan fingerprint density at radius 3 is 2.80 bits per heavy atom. The van der Waals surface area contributed by atoms with Crippen LogP contribution in [0.2, 0.25) is 0 Å². The first-order chi connectivity index (χ1) is 9.84. The average Bonchev–Trinajstić information content (AvgIpc) is 3.17. The second-order valence-corrected chi connectivity index (χ2v) is 4.62. The van der Waals surface area contributed by atoms with Gasteiger partial charge < -0.3 is 5.32 Å². The first-order valence-electron chi connectivity index (χ1n) is 6.51. The van der Waals surface area contributed by atoms with Crippen LogP contribution < -0.4 is 5.32 Å². The molecular weight excluding hydrogens is 252 g/mol. The summed E-state index contributed by atoms with van der Waals surface area (Å²) in [5.74, 6) is 0. The van der Waals surface area contributed by atoms with Crippen molar-refractivity contribution in [1.29, 1.82) is 0 Å². The maximum Gasteiger partial charge on any atom is 0.117 e. The van der Waals surface area contributed by atoms with Crippen molar-refractivity contribution in [2.75, 3.05) is 0 Å². The average molecular weight is 268 g/mol. The highest BCUT2D eigenvalue weighted by atomic mass is 15.3. The van der Waals surface area contributed by atoms with Crippen LogP contribution in [0.5, 0.6) is 0 Å².